The second kappa shape index (κ2) is 10.7. The van der Waals surface area contributed by atoms with Crippen LogP contribution in [0, 0.1) is 6.92 Å². The molecule has 8 nitrogen and oxygen atoms in total. The van der Waals surface area contributed by atoms with Crippen molar-refractivity contribution >= 4 is 40.5 Å². The number of aromatic amines is 1. The molecule has 1 aromatic carbocycles. The molecule has 0 atom stereocenters. The number of nitrogens with one attached hydrogen (secondary N) is 1. The summed E-state index contributed by atoms with van der Waals surface area (Å²) >= 11 is 13.8. The highest BCUT2D eigenvalue weighted by Gasteiger charge is 2.34. The van der Waals surface area contributed by atoms with Gasteiger partial charge in [0.15, 0.2) is 0 Å². The standard InChI is InChI=1S/C25H32Cl2N4O4/c1-5-31(16-6-10-35-11-7-16)19-13-18(26)23-21(22(19)27)25(33)30(9-8-29(23)3)14-17-20(34-4)12-15(2)28-24(17)32/h12-13,16H,5-11,14H2,1-4H3,(H,28,32). The topological polar surface area (TPSA) is 78.1 Å². The molecule has 1 fully saturated rings. The largest absolute Gasteiger partial charge is 0.496 e. The first-order valence-corrected chi connectivity index (χ1v) is 12.7. The van der Waals surface area contributed by atoms with Gasteiger partial charge in [0.1, 0.15) is 5.75 Å². The molecule has 0 unspecified atom stereocenters. The van der Waals surface area contributed by atoms with Crippen LogP contribution in [0.5, 0.6) is 5.75 Å². The highest BCUT2D eigenvalue weighted by molar-refractivity contribution is 6.41. The highest BCUT2D eigenvalue weighted by atomic mass is 35.5. The Balaban J connectivity index is 1.77. The normalized spacial score (nSPS) is 16.8. The second-order valence-corrected chi connectivity index (χ2v) is 9.81. The molecule has 0 saturated carbocycles. The third-order valence-corrected chi connectivity index (χ3v) is 7.51. The van der Waals surface area contributed by atoms with Crippen LogP contribution in [0.3, 0.4) is 0 Å². The average Bonchev–Trinajstić information content (AvgIpc) is 2.96. The van der Waals surface area contributed by atoms with E-state index in [1.165, 1.54) is 7.11 Å². The van der Waals surface area contributed by atoms with E-state index in [0.717, 1.165) is 25.1 Å². The zero-order valence-corrected chi connectivity index (χ0v) is 22.1. The quantitative estimate of drug-likeness (QED) is 0.615. The van der Waals surface area contributed by atoms with Crippen LogP contribution in [-0.4, -0.2) is 68.8 Å². The van der Waals surface area contributed by atoms with Crippen LogP contribution in [0.4, 0.5) is 11.4 Å². The van der Waals surface area contributed by atoms with Crippen LogP contribution in [0.1, 0.15) is 41.4 Å². The fourth-order valence-corrected chi connectivity index (χ4v) is 5.68. The maximum atomic E-state index is 13.9. The van der Waals surface area contributed by atoms with Crippen LogP contribution in [-0.2, 0) is 11.3 Å². The Morgan fingerprint density at radius 1 is 1.20 bits per heavy atom. The predicted molar refractivity (Wildman–Crippen MR) is 140 cm³/mol. The van der Waals surface area contributed by atoms with Crippen molar-refractivity contribution in [2.45, 2.75) is 39.3 Å². The van der Waals surface area contributed by atoms with Gasteiger partial charge in [0.05, 0.1) is 46.2 Å². The molecular formula is C25H32Cl2N4O4. The lowest BCUT2D eigenvalue weighted by molar-refractivity contribution is 0.0753. The Hall–Kier alpha value is -2.42. The number of hydrogen-bond acceptors (Lipinski definition) is 6. The number of aryl methyl sites for hydroxylation is 1. The summed E-state index contributed by atoms with van der Waals surface area (Å²) in [7, 11) is 3.41. The first kappa shape index (κ1) is 25.7. The number of carbonyl (C=O) groups is 1. The number of halogens is 2. The summed E-state index contributed by atoms with van der Waals surface area (Å²) in [6.45, 7) is 7.01. The Morgan fingerprint density at radius 2 is 1.91 bits per heavy atom. The summed E-state index contributed by atoms with van der Waals surface area (Å²) in [5, 5.41) is 0.861. The van der Waals surface area contributed by atoms with E-state index in [0.29, 0.717) is 64.6 Å². The predicted octanol–water partition coefficient (Wildman–Crippen LogP) is 4.10. The molecule has 0 bridgehead atoms. The van der Waals surface area contributed by atoms with Gasteiger partial charge in [-0.2, -0.15) is 0 Å². The molecule has 2 aliphatic heterocycles. The fourth-order valence-electron chi connectivity index (χ4n) is 5.00. The van der Waals surface area contributed by atoms with Gasteiger partial charge in [-0.1, -0.05) is 23.2 Å². The number of aromatic nitrogens is 1. The van der Waals surface area contributed by atoms with Crippen molar-refractivity contribution in [1.82, 2.24) is 9.88 Å². The Bertz CT molecular complexity index is 1160. The van der Waals surface area contributed by atoms with E-state index in [1.54, 1.807) is 17.9 Å². The van der Waals surface area contributed by atoms with Crippen LogP contribution in [0.2, 0.25) is 10.0 Å². The van der Waals surface area contributed by atoms with Gasteiger partial charge in [0.2, 0.25) is 0 Å². The molecule has 4 rings (SSSR count). The van der Waals surface area contributed by atoms with Gasteiger partial charge in [-0.3, -0.25) is 9.59 Å². The molecule has 10 heteroatoms. The molecule has 2 aliphatic rings. The van der Waals surface area contributed by atoms with Gasteiger partial charge < -0.3 is 29.2 Å². The van der Waals surface area contributed by atoms with Crippen LogP contribution >= 0.6 is 23.2 Å². The molecule has 0 aliphatic carbocycles. The number of H-pyrrole nitrogens is 1. The van der Waals surface area contributed by atoms with Crippen molar-refractivity contribution in [2.75, 3.05) is 56.8 Å². The lowest BCUT2D eigenvalue weighted by Crippen LogP contribution is -2.40. The zero-order chi connectivity index (χ0) is 25.3. The number of amides is 1. The second-order valence-electron chi connectivity index (χ2n) is 9.02. The number of ether oxygens (including phenoxy) is 2. The summed E-state index contributed by atoms with van der Waals surface area (Å²) in [4.78, 5) is 35.3. The third kappa shape index (κ3) is 4.97. The van der Waals surface area contributed by atoms with E-state index in [-0.39, 0.29) is 24.1 Å². The first-order chi connectivity index (χ1) is 16.8. The van der Waals surface area contributed by atoms with Gasteiger partial charge in [-0.25, -0.2) is 0 Å². The lowest BCUT2D eigenvalue weighted by Gasteiger charge is -2.36. The molecule has 3 heterocycles. The molecule has 1 N–H and O–H groups in total. The molecule has 0 radical (unpaired) electrons. The lowest BCUT2D eigenvalue weighted by atomic mass is 10.0. The fraction of sp³-hybridized carbons (Fsp3) is 0.520. The number of pyridine rings is 1. The summed E-state index contributed by atoms with van der Waals surface area (Å²) in [5.74, 6) is 0.189. The number of nitrogens with zero attached hydrogens (tertiary/aromatic N) is 3. The molecule has 190 valence electrons. The number of hydrogen-bond donors (Lipinski definition) is 1. The zero-order valence-electron chi connectivity index (χ0n) is 20.6. The summed E-state index contributed by atoms with van der Waals surface area (Å²) in [5.41, 5.74) is 2.53. The minimum absolute atomic E-state index is 0.0977. The van der Waals surface area contributed by atoms with Crippen molar-refractivity contribution in [2.24, 2.45) is 0 Å². The van der Waals surface area contributed by atoms with Crippen molar-refractivity contribution in [3.8, 4) is 5.75 Å². The van der Waals surface area contributed by atoms with E-state index in [2.05, 4.69) is 16.8 Å². The Morgan fingerprint density at radius 3 is 2.57 bits per heavy atom. The monoisotopic (exact) mass is 522 g/mol. The molecule has 1 aromatic heterocycles. The summed E-state index contributed by atoms with van der Waals surface area (Å²) < 4.78 is 11.0. The van der Waals surface area contributed by atoms with Crippen LogP contribution in [0.25, 0.3) is 0 Å². The van der Waals surface area contributed by atoms with Crippen molar-refractivity contribution in [1.29, 1.82) is 0 Å². The molecule has 0 spiro atoms. The number of methoxy groups -OCH3 is 1. The Kier molecular flexibility index (Phi) is 7.83. The smallest absolute Gasteiger partial charge is 0.257 e. The van der Waals surface area contributed by atoms with Crippen molar-refractivity contribution < 1.29 is 14.3 Å². The summed E-state index contributed by atoms with van der Waals surface area (Å²) in [6.07, 6.45) is 1.77. The highest BCUT2D eigenvalue weighted by Crippen LogP contribution is 2.44. The minimum atomic E-state index is -0.276. The number of carbonyl (C=O) groups excluding carboxylic acids is 1. The van der Waals surface area contributed by atoms with E-state index < -0.39 is 0 Å². The molecule has 2 aromatic rings. The van der Waals surface area contributed by atoms with Crippen LogP contribution < -0.4 is 20.1 Å². The number of likely N-dealkylation sites (N-methyl/N-ethyl adjacent to an activating group) is 1. The first-order valence-electron chi connectivity index (χ1n) is 11.9. The number of rotatable bonds is 6. The maximum absolute atomic E-state index is 13.9. The number of benzene rings is 1. The number of fused-ring (bicyclic) bond motifs is 1. The van der Waals surface area contributed by atoms with Crippen molar-refractivity contribution in [3.05, 3.63) is 49.4 Å². The van der Waals surface area contributed by atoms with Crippen LogP contribution in [0.15, 0.2) is 16.9 Å². The Labute approximate surface area is 215 Å². The maximum Gasteiger partial charge on any atom is 0.257 e. The molecular weight excluding hydrogens is 491 g/mol. The molecule has 1 saturated heterocycles. The SMILES string of the molecule is CCN(c1cc(Cl)c2c(c1Cl)C(=O)N(Cc1c(OC)cc(C)[nH]c1=O)CCN2C)C1CCOCC1. The van der Waals surface area contributed by atoms with E-state index in [9.17, 15) is 9.59 Å². The van der Waals surface area contributed by atoms with E-state index in [1.807, 2.05) is 18.0 Å². The van der Waals surface area contributed by atoms with E-state index >= 15 is 0 Å². The van der Waals surface area contributed by atoms with Gasteiger partial charge in [0, 0.05) is 51.6 Å². The van der Waals surface area contributed by atoms with Crippen molar-refractivity contribution in [3.63, 3.8) is 0 Å². The van der Waals surface area contributed by atoms with Gasteiger partial charge in [-0.05, 0) is 38.8 Å². The van der Waals surface area contributed by atoms with Gasteiger partial charge in [0.25, 0.3) is 11.5 Å². The summed E-state index contributed by atoms with van der Waals surface area (Å²) in [6, 6.07) is 3.88. The number of anilines is 2. The minimum Gasteiger partial charge on any atom is -0.496 e. The van der Waals surface area contributed by atoms with E-state index in [4.69, 9.17) is 32.7 Å². The van der Waals surface area contributed by atoms with Gasteiger partial charge in [-0.15, -0.1) is 0 Å². The average molecular weight is 523 g/mol. The molecule has 35 heavy (non-hydrogen) atoms. The van der Waals surface area contributed by atoms with Gasteiger partial charge >= 0.3 is 0 Å². The molecule has 1 amide bonds. The third-order valence-electron chi connectivity index (χ3n) is 6.84.